The highest BCUT2D eigenvalue weighted by Crippen LogP contribution is 2.37. The summed E-state index contributed by atoms with van der Waals surface area (Å²) in [6.45, 7) is 7.75. The molecule has 1 unspecified atom stereocenters. The standard InChI is InChI=1S/C26H30F4N4/c1-3-33-25(32)24(20-6-10-22(27)11-7-20)17(2)34-14-12-19(13-15-34)23(16-31)18-4-8-21(9-5-18)26(28,29)30/h3-11,19,23H,2,12-16,31-32H2,1H3/b25-24+,33-3?. The molecule has 0 aliphatic carbocycles. The van der Waals surface area contributed by atoms with Gasteiger partial charge in [0.15, 0.2) is 0 Å². The summed E-state index contributed by atoms with van der Waals surface area (Å²) >= 11 is 0. The van der Waals surface area contributed by atoms with Crippen molar-refractivity contribution in [1.82, 2.24) is 4.90 Å². The van der Waals surface area contributed by atoms with Crippen molar-refractivity contribution in [2.75, 3.05) is 19.6 Å². The second kappa shape index (κ2) is 10.9. The van der Waals surface area contributed by atoms with E-state index in [-0.39, 0.29) is 17.7 Å². The van der Waals surface area contributed by atoms with E-state index in [2.05, 4.69) is 16.5 Å². The zero-order valence-corrected chi connectivity index (χ0v) is 19.2. The Balaban J connectivity index is 1.74. The lowest BCUT2D eigenvalue weighted by atomic mass is 9.79. The van der Waals surface area contributed by atoms with Crippen molar-refractivity contribution >= 4 is 11.8 Å². The number of likely N-dealkylation sites (tertiary alicyclic amines) is 1. The Morgan fingerprint density at radius 3 is 2.21 bits per heavy atom. The first-order valence-electron chi connectivity index (χ1n) is 11.2. The Morgan fingerprint density at radius 1 is 1.12 bits per heavy atom. The maximum absolute atomic E-state index is 13.5. The molecule has 0 saturated carbocycles. The number of rotatable bonds is 7. The minimum Gasteiger partial charge on any atom is -0.383 e. The molecule has 0 spiro atoms. The summed E-state index contributed by atoms with van der Waals surface area (Å²) in [6, 6.07) is 11.3. The number of halogens is 4. The molecule has 2 aromatic carbocycles. The summed E-state index contributed by atoms with van der Waals surface area (Å²) in [6.07, 6.45) is -1.17. The van der Waals surface area contributed by atoms with Crippen LogP contribution < -0.4 is 11.5 Å². The molecular formula is C26H30F4N4. The first kappa shape index (κ1) is 25.5. The van der Waals surface area contributed by atoms with Crippen LogP contribution in [0.5, 0.6) is 0 Å². The fraction of sp³-hybridized carbons (Fsp3) is 0.346. The van der Waals surface area contributed by atoms with Crippen molar-refractivity contribution in [2.45, 2.75) is 31.9 Å². The van der Waals surface area contributed by atoms with Gasteiger partial charge in [-0.15, -0.1) is 0 Å². The number of nitrogens with two attached hydrogens (primary N) is 2. The number of aliphatic imine (C=N–C) groups is 1. The van der Waals surface area contributed by atoms with E-state index in [9.17, 15) is 17.6 Å². The number of nitrogens with zero attached hydrogens (tertiary/aromatic N) is 2. The number of hydrogen-bond acceptors (Lipinski definition) is 4. The SMILES string of the molecule is C=C(/C(=C(/N)N=CC)c1ccc(F)cc1)N1CCC(C(CN)c2ccc(C(F)(F)F)cc2)CC1. The van der Waals surface area contributed by atoms with Crippen LogP contribution in [0, 0.1) is 11.7 Å². The highest BCUT2D eigenvalue weighted by molar-refractivity contribution is 5.80. The molecule has 3 rings (SSSR count). The summed E-state index contributed by atoms with van der Waals surface area (Å²) in [5.41, 5.74) is 14.5. The third-order valence-electron chi connectivity index (χ3n) is 6.36. The summed E-state index contributed by atoms with van der Waals surface area (Å²) in [7, 11) is 0. The average Bonchev–Trinajstić information content (AvgIpc) is 2.81. The summed E-state index contributed by atoms with van der Waals surface area (Å²) < 4.78 is 52.2. The normalized spacial score (nSPS) is 17.1. The molecule has 1 atom stereocenters. The summed E-state index contributed by atoms with van der Waals surface area (Å²) in [5.74, 6) is 0.156. The Morgan fingerprint density at radius 2 is 1.71 bits per heavy atom. The van der Waals surface area contributed by atoms with Gasteiger partial charge in [0.1, 0.15) is 11.6 Å². The molecule has 34 heavy (non-hydrogen) atoms. The van der Waals surface area contributed by atoms with Crippen molar-refractivity contribution in [3.8, 4) is 0 Å². The predicted octanol–water partition coefficient (Wildman–Crippen LogP) is 5.53. The smallest absolute Gasteiger partial charge is 0.383 e. The average molecular weight is 475 g/mol. The third kappa shape index (κ3) is 5.86. The maximum atomic E-state index is 13.5. The molecule has 8 heteroatoms. The zero-order chi connectivity index (χ0) is 24.9. The molecule has 4 nitrogen and oxygen atoms in total. The number of alkyl halides is 3. The van der Waals surface area contributed by atoms with E-state index in [0.717, 1.165) is 36.1 Å². The van der Waals surface area contributed by atoms with E-state index in [1.165, 1.54) is 24.3 Å². The Hall–Kier alpha value is -3.13. The van der Waals surface area contributed by atoms with Gasteiger partial charge in [-0.25, -0.2) is 9.38 Å². The van der Waals surface area contributed by atoms with Crippen LogP contribution in [0.1, 0.15) is 42.4 Å². The second-order valence-corrected chi connectivity index (χ2v) is 8.39. The van der Waals surface area contributed by atoms with Crippen LogP contribution in [0.4, 0.5) is 17.6 Å². The maximum Gasteiger partial charge on any atom is 0.416 e. The van der Waals surface area contributed by atoms with Crippen molar-refractivity contribution < 1.29 is 17.6 Å². The Bertz CT molecular complexity index is 1030. The molecular weight excluding hydrogens is 444 g/mol. The largest absolute Gasteiger partial charge is 0.416 e. The minimum absolute atomic E-state index is 0.0282. The molecule has 182 valence electrons. The van der Waals surface area contributed by atoms with Gasteiger partial charge in [0.2, 0.25) is 0 Å². The van der Waals surface area contributed by atoms with Crippen molar-refractivity contribution in [3.05, 3.63) is 89.1 Å². The topological polar surface area (TPSA) is 67.6 Å². The van der Waals surface area contributed by atoms with Crippen LogP contribution in [0.25, 0.3) is 5.57 Å². The van der Waals surface area contributed by atoms with Crippen LogP contribution >= 0.6 is 0 Å². The van der Waals surface area contributed by atoms with Crippen LogP contribution in [-0.4, -0.2) is 30.7 Å². The molecule has 1 heterocycles. The minimum atomic E-state index is -4.36. The first-order chi connectivity index (χ1) is 16.2. The number of benzene rings is 2. The van der Waals surface area contributed by atoms with Gasteiger partial charge in [0.25, 0.3) is 0 Å². The molecule has 1 fully saturated rings. The molecule has 1 saturated heterocycles. The highest BCUT2D eigenvalue weighted by Gasteiger charge is 2.32. The van der Waals surface area contributed by atoms with Gasteiger partial charge in [-0.2, -0.15) is 13.2 Å². The van der Waals surface area contributed by atoms with E-state index in [4.69, 9.17) is 11.5 Å². The van der Waals surface area contributed by atoms with Crippen LogP contribution in [0.15, 0.2) is 71.6 Å². The van der Waals surface area contributed by atoms with Crippen LogP contribution in [-0.2, 0) is 6.18 Å². The van der Waals surface area contributed by atoms with Gasteiger partial charge in [-0.05, 0) is 73.5 Å². The Labute approximate surface area is 197 Å². The number of allylic oxidation sites excluding steroid dienone is 1. The van der Waals surface area contributed by atoms with Crippen LogP contribution in [0.3, 0.4) is 0 Å². The van der Waals surface area contributed by atoms with E-state index in [0.29, 0.717) is 36.7 Å². The summed E-state index contributed by atoms with van der Waals surface area (Å²) in [5, 5.41) is 0. The van der Waals surface area contributed by atoms with Gasteiger partial charge in [0.05, 0.1) is 5.56 Å². The van der Waals surface area contributed by atoms with Crippen molar-refractivity contribution in [1.29, 1.82) is 0 Å². The van der Waals surface area contributed by atoms with Gasteiger partial charge in [-0.3, -0.25) is 0 Å². The molecule has 0 radical (unpaired) electrons. The van der Waals surface area contributed by atoms with Crippen LogP contribution in [0.2, 0.25) is 0 Å². The monoisotopic (exact) mass is 474 g/mol. The fourth-order valence-corrected chi connectivity index (χ4v) is 4.53. The summed E-state index contributed by atoms with van der Waals surface area (Å²) in [4.78, 5) is 6.33. The Kier molecular flexibility index (Phi) is 8.15. The van der Waals surface area contributed by atoms with E-state index in [1.807, 2.05) is 0 Å². The molecule has 0 bridgehead atoms. The second-order valence-electron chi connectivity index (χ2n) is 8.39. The third-order valence-corrected chi connectivity index (χ3v) is 6.36. The lowest BCUT2D eigenvalue weighted by Crippen LogP contribution is -2.37. The lowest BCUT2D eigenvalue weighted by molar-refractivity contribution is -0.137. The van der Waals surface area contributed by atoms with Gasteiger partial charge < -0.3 is 16.4 Å². The molecule has 1 aliphatic heterocycles. The van der Waals surface area contributed by atoms with Crippen molar-refractivity contribution in [2.24, 2.45) is 22.4 Å². The zero-order valence-electron chi connectivity index (χ0n) is 19.2. The highest BCUT2D eigenvalue weighted by atomic mass is 19.4. The predicted molar refractivity (Wildman–Crippen MR) is 128 cm³/mol. The van der Waals surface area contributed by atoms with Crippen molar-refractivity contribution in [3.63, 3.8) is 0 Å². The lowest BCUT2D eigenvalue weighted by Gasteiger charge is -2.38. The van der Waals surface area contributed by atoms with E-state index < -0.39 is 11.7 Å². The number of piperidine rings is 1. The quantitative estimate of drug-likeness (QED) is 0.315. The fourth-order valence-electron chi connectivity index (χ4n) is 4.53. The molecule has 0 amide bonds. The van der Waals surface area contributed by atoms with Gasteiger partial charge in [0, 0.05) is 30.6 Å². The first-order valence-corrected chi connectivity index (χ1v) is 11.2. The molecule has 1 aliphatic rings. The number of hydrogen-bond donors (Lipinski definition) is 2. The molecule has 0 aromatic heterocycles. The van der Waals surface area contributed by atoms with E-state index >= 15 is 0 Å². The van der Waals surface area contributed by atoms with Gasteiger partial charge in [-0.1, -0.05) is 30.8 Å². The van der Waals surface area contributed by atoms with E-state index in [1.54, 1.807) is 25.3 Å². The molecule has 4 N–H and O–H groups in total. The van der Waals surface area contributed by atoms with Gasteiger partial charge >= 0.3 is 6.18 Å². The molecule has 2 aromatic rings.